The molecular formula is C8H7Br2NO. The number of phenols is 1. The van der Waals surface area contributed by atoms with Crippen LogP contribution in [-0.4, -0.2) is 18.4 Å². The van der Waals surface area contributed by atoms with Gasteiger partial charge in [-0.1, -0.05) is 15.9 Å². The average Bonchev–Trinajstić information content (AvgIpc) is 1.96. The zero-order chi connectivity index (χ0) is 9.14. The van der Waals surface area contributed by atoms with Crippen molar-refractivity contribution in [3.8, 4) is 5.75 Å². The van der Waals surface area contributed by atoms with E-state index < -0.39 is 0 Å². The van der Waals surface area contributed by atoms with Crippen LogP contribution in [-0.2, 0) is 0 Å². The van der Waals surface area contributed by atoms with Crippen molar-refractivity contribution in [3.05, 3.63) is 26.6 Å². The summed E-state index contributed by atoms with van der Waals surface area (Å²) in [6.07, 6.45) is 1.60. The highest BCUT2D eigenvalue weighted by molar-refractivity contribution is 9.11. The van der Waals surface area contributed by atoms with E-state index in [0.29, 0.717) is 5.56 Å². The zero-order valence-corrected chi connectivity index (χ0v) is 9.55. The number of hydrogen-bond donors (Lipinski definition) is 1. The highest BCUT2D eigenvalue weighted by Crippen LogP contribution is 2.28. The third-order valence-electron chi connectivity index (χ3n) is 1.33. The van der Waals surface area contributed by atoms with Crippen LogP contribution in [0.3, 0.4) is 0 Å². The van der Waals surface area contributed by atoms with Gasteiger partial charge in [0, 0.05) is 27.8 Å². The summed E-state index contributed by atoms with van der Waals surface area (Å²) in [4.78, 5) is 3.83. The molecule has 0 radical (unpaired) electrons. The fraction of sp³-hybridized carbons (Fsp3) is 0.125. The van der Waals surface area contributed by atoms with Crippen LogP contribution in [0.15, 0.2) is 26.1 Å². The molecule has 1 aromatic carbocycles. The van der Waals surface area contributed by atoms with Crippen LogP contribution in [0.1, 0.15) is 5.56 Å². The maximum atomic E-state index is 9.45. The molecule has 0 spiro atoms. The molecule has 0 amide bonds. The van der Waals surface area contributed by atoms with Crippen LogP contribution >= 0.6 is 31.9 Å². The van der Waals surface area contributed by atoms with E-state index in [1.54, 1.807) is 19.3 Å². The van der Waals surface area contributed by atoms with Crippen molar-refractivity contribution >= 4 is 38.1 Å². The van der Waals surface area contributed by atoms with Gasteiger partial charge in [0.05, 0.1) is 0 Å². The fourth-order valence-electron chi connectivity index (χ4n) is 0.828. The van der Waals surface area contributed by atoms with E-state index in [1.807, 2.05) is 6.07 Å². The predicted molar refractivity (Wildman–Crippen MR) is 57.0 cm³/mol. The van der Waals surface area contributed by atoms with Crippen LogP contribution in [0.25, 0.3) is 0 Å². The molecule has 1 rings (SSSR count). The lowest BCUT2D eigenvalue weighted by molar-refractivity contribution is 0.473. The molecule has 2 nitrogen and oxygen atoms in total. The van der Waals surface area contributed by atoms with Gasteiger partial charge in [0.1, 0.15) is 5.75 Å². The van der Waals surface area contributed by atoms with Crippen molar-refractivity contribution in [1.82, 2.24) is 0 Å². The van der Waals surface area contributed by atoms with E-state index in [1.165, 1.54) is 0 Å². The second-order valence-electron chi connectivity index (χ2n) is 2.21. The van der Waals surface area contributed by atoms with Gasteiger partial charge in [-0.25, -0.2) is 0 Å². The molecule has 0 saturated heterocycles. The Morgan fingerprint density at radius 1 is 1.42 bits per heavy atom. The lowest BCUT2D eigenvalue weighted by Gasteiger charge is -2.01. The molecule has 0 bridgehead atoms. The van der Waals surface area contributed by atoms with Gasteiger partial charge in [0.15, 0.2) is 0 Å². The Hall–Kier alpha value is -0.350. The molecule has 0 atom stereocenters. The highest BCUT2D eigenvalue weighted by Gasteiger charge is 2.04. The van der Waals surface area contributed by atoms with Gasteiger partial charge < -0.3 is 5.11 Å². The number of nitrogens with zero attached hydrogens (tertiary/aromatic N) is 1. The van der Waals surface area contributed by atoms with Gasteiger partial charge in [-0.2, -0.15) is 0 Å². The standard InChI is InChI=1S/C8H7Br2NO/c1-11-4-6-7(10)2-5(9)3-8(6)12/h2-4,12H,1H3. The molecule has 0 aromatic heterocycles. The Morgan fingerprint density at radius 3 is 2.58 bits per heavy atom. The molecule has 0 aliphatic carbocycles. The van der Waals surface area contributed by atoms with Crippen molar-refractivity contribution in [1.29, 1.82) is 0 Å². The highest BCUT2D eigenvalue weighted by atomic mass is 79.9. The van der Waals surface area contributed by atoms with Crippen molar-refractivity contribution in [3.63, 3.8) is 0 Å². The number of aliphatic imine (C=N–C) groups is 1. The molecule has 0 aliphatic heterocycles. The fourth-order valence-corrected chi connectivity index (χ4v) is 2.13. The van der Waals surface area contributed by atoms with E-state index in [9.17, 15) is 5.11 Å². The molecular weight excluding hydrogens is 286 g/mol. The van der Waals surface area contributed by atoms with Crippen LogP contribution in [0, 0.1) is 0 Å². The molecule has 1 N–H and O–H groups in total. The number of aromatic hydroxyl groups is 1. The molecule has 0 heterocycles. The average molecular weight is 293 g/mol. The molecule has 64 valence electrons. The Bertz CT molecular complexity index is 300. The number of benzene rings is 1. The molecule has 0 saturated carbocycles. The summed E-state index contributed by atoms with van der Waals surface area (Å²) in [6, 6.07) is 3.48. The molecule has 0 aliphatic rings. The lowest BCUT2D eigenvalue weighted by Crippen LogP contribution is -1.84. The Labute approximate surface area is 87.6 Å². The van der Waals surface area contributed by atoms with Gasteiger partial charge in [-0.3, -0.25) is 4.99 Å². The topological polar surface area (TPSA) is 32.6 Å². The van der Waals surface area contributed by atoms with Gasteiger partial charge in [-0.15, -0.1) is 0 Å². The Balaban J connectivity index is 3.28. The molecule has 12 heavy (non-hydrogen) atoms. The van der Waals surface area contributed by atoms with Crippen molar-refractivity contribution in [2.45, 2.75) is 0 Å². The van der Waals surface area contributed by atoms with Crippen molar-refractivity contribution in [2.75, 3.05) is 7.05 Å². The third kappa shape index (κ3) is 2.08. The summed E-state index contributed by atoms with van der Waals surface area (Å²) < 4.78 is 1.65. The van der Waals surface area contributed by atoms with Crippen LogP contribution in [0.4, 0.5) is 0 Å². The van der Waals surface area contributed by atoms with Gasteiger partial charge in [0.2, 0.25) is 0 Å². The summed E-state index contributed by atoms with van der Waals surface area (Å²) in [5.41, 5.74) is 0.695. The second kappa shape index (κ2) is 4.05. The van der Waals surface area contributed by atoms with Crippen LogP contribution < -0.4 is 0 Å². The Kier molecular flexibility index (Phi) is 3.29. The summed E-state index contributed by atoms with van der Waals surface area (Å²) in [5, 5.41) is 9.45. The van der Waals surface area contributed by atoms with E-state index >= 15 is 0 Å². The van der Waals surface area contributed by atoms with Gasteiger partial charge in [0.25, 0.3) is 0 Å². The van der Waals surface area contributed by atoms with Gasteiger partial charge >= 0.3 is 0 Å². The van der Waals surface area contributed by atoms with E-state index in [2.05, 4.69) is 36.9 Å². The van der Waals surface area contributed by atoms with E-state index in [4.69, 9.17) is 0 Å². The molecule has 1 aromatic rings. The summed E-state index contributed by atoms with van der Waals surface area (Å²) in [6.45, 7) is 0. The number of hydrogen-bond acceptors (Lipinski definition) is 2. The quantitative estimate of drug-likeness (QED) is 0.793. The summed E-state index contributed by atoms with van der Waals surface area (Å²) in [5.74, 6) is 0.210. The normalized spacial score (nSPS) is 10.9. The largest absolute Gasteiger partial charge is 0.507 e. The minimum Gasteiger partial charge on any atom is -0.507 e. The van der Waals surface area contributed by atoms with Crippen LogP contribution in [0.5, 0.6) is 5.75 Å². The minimum atomic E-state index is 0.210. The van der Waals surface area contributed by atoms with Crippen molar-refractivity contribution in [2.24, 2.45) is 4.99 Å². The van der Waals surface area contributed by atoms with E-state index in [0.717, 1.165) is 8.95 Å². The first-order valence-electron chi connectivity index (χ1n) is 3.25. The first-order valence-corrected chi connectivity index (χ1v) is 4.84. The first-order chi connectivity index (χ1) is 5.65. The first kappa shape index (κ1) is 9.74. The lowest BCUT2D eigenvalue weighted by atomic mass is 10.2. The zero-order valence-electron chi connectivity index (χ0n) is 6.38. The Morgan fingerprint density at radius 2 is 2.08 bits per heavy atom. The second-order valence-corrected chi connectivity index (χ2v) is 3.98. The van der Waals surface area contributed by atoms with E-state index in [-0.39, 0.29) is 5.75 Å². The SMILES string of the molecule is CN=Cc1c(O)cc(Br)cc1Br. The minimum absolute atomic E-state index is 0.210. The van der Waals surface area contributed by atoms with Crippen molar-refractivity contribution < 1.29 is 5.11 Å². The van der Waals surface area contributed by atoms with Gasteiger partial charge in [-0.05, 0) is 28.1 Å². The molecule has 4 heteroatoms. The molecule has 0 unspecified atom stereocenters. The predicted octanol–water partition coefficient (Wildman–Crippen LogP) is 2.97. The smallest absolute Gasteiger partial charge is 0.126 e. The van der Waals surface area contributed by atoms with Crippen LogP contribution in [0.2, 0.25) is 0 Å². The summed E-state index contributed by atoms with van der Waals surface area (Å²) >= 11 is 6.58. The number of rotatable bonds is 1. The molecule has 0 fully saturated rings. The number of halogens is 2. The number of phenolic OH excluding ortho intramolecular Hbond substituents is 1. The summed E-state index contributed by atoms with van der Waals surface area (Å²) in [7, 11) is 1.66. The maximum Gasteiger partial charge on any atom is 0.126 e. The third-order valence-corrected chi connectivity index (χ3v) is 2.44. The monoisotopic (exact) mass is 291 g/mol. The maximum absolute atomic E-state index is 9.45.